The van der Waals surface area contributed by atoms with Crippen molar-refractivity contribution in [2.45, 2.75) is 55.8 Å². The number of rotatable bonds is 7. The Morgan fingerprint density at radius 2 is 1.88 bits per heavy atom. The van der Waals surface area contributed by atoms with Gasteiger partial charge in [0.2, 0.25) is 0 Å². The van der Waals surface area contributed by atoms with E-state index in [2.05, 4.69) is 20.2 Å². The maximum atomic E-state index is 14.3. The van der Waals surface area contributed by atoms with Crippen LogP contribution in [0.15, 0.2) is 47.6 Å². The lowest BCUT2D eigenvalue weighted by molar-refractivity contribution is -0.144. The number of urea groups is 2. The summed E-state index contributed by atoms with van der Waals surface area (Å²) in [5, 5.41) is 14.0. The summed E-state index contributed by atoms with van der Waals surface area (Å²) in [6, 6.07) is 5.23. The Balaban J connectivity index is 1.31. The van der Waals surface area contributed by atoms with Crippen LogP contribution in [0.5, 0.6) is 0 Å². The van der Waals surface area contributed by atoms with Crippen molar-refractivity contribution in [1.29, 1.82) is 0 Å². The van der Waals surface area contributed by atoms with Crippen molar-refractivity contribution >= 4 is 23.7 Å². The molecule has 3 atom stereocenters. The first-order valence-electron chi connectivity index (χ1n) is 14.3. The van der Waals surface area contributed by atoms with Crippen molar-refractivity contribution in [2.75, 3.05) is 33.9 Å². The standard InChI is InChI=1S/C30H35F2N5O6/c1-42-17-23-25(27(38)43-2)26(18-6-7-21(31)22(32)15-18)37(29(40)35-23)28(39)34-19-10-14-36(16-19)20-8-11-30(41,12-9-20)24-5-3-4-13-33-24/h3-7,13,15,19-20,25-26,41H,8-12,14,16-17H2,1-2H3,(H,34,39)/t19-,20?,25?,26+,30?/m1/s1. The van der Waals surface area contributed by atoms with Crippen molar-refractivity contribution < 1.29 is 37.7 Å². The second-order valence-corrected chi connectivity index (χ2v) is 11.2. The van der Waals surface area contributed by atoms with Crippen LogP contribution >= 0.6 is 0 Å². The molecule has 2 aliphatic heterocycles. The molecule has 0 spiro atoms. The number of halogens is 2. The molecule has 3 aliphatic rings. The number of aromatic nitrogens is 1. The van der Waals surface area contributed by atoms with Crippen molar-refractivity contribution in [2.24, 2.45) is 10.9 Å². The average molecular weight is 600 g/mol. The molecule has 5 rings (SSSR count). The van der Waals surface area contributed by atoms with Crippen LogP contribution in [0, 0.1) is 17.6 Å². The molecule has 1 aromatic carbocycles. The fourth-order valence-electron chi connectivity index (χ4n) is 6.43. The number of aliphatic imine (C=N–C) groups is 1. The van der Waals surface area contributed by atoms with Gasteiger partial charge in [0.25, 0.3) is 0 Å². The SMILES string of the molecule is COCC1=NC(=O)N(C(=O)N[C@@H]2CCN(C3CCC(O)(c4ccccn4)CC3)C2)[C@@H](c2ccc(F)c(F)c2)C1C(=O)OC. The van der Waals surface area contributed by atoms with Crippen LogP contribution < -0.4 is 5.32 Å². The maximum Gasteiger partial charge on any atom is 0.352 e. The first-order chi connectivity index (χ1) is 20.6. The van der Waals surface area contributed by atoms with E-state index >= 15 is 0 Å². The number of amides is 4. The summed E-state index contributed by atoms with van der Waals surface area (Å²) in [6.45, 7) is 1.02. The third-order valence-electron chi connectivity index (χ3n) is 8.64. The Morgan fingerprint density at radius 3 is 2.53 bits per heavy atom. The number of carbonyl (C=O) groups is 3. The second-order valence-electron chi connectivity index (χ2n) is 11.2. The van der Waals surface area contributed by atoms with Gasteiger partial charge in [-0.15, -0.1) is 0 Å². The lowest BCUT2D eigenvalue weighted by Gasteiger charge is -2.39. The summed E-state index contributed by atoms with van der Waals surface area (Å²) in [5.41, 5.74) is -0.263. The quantitative estimate of drug-likeness (QED) is 0.463. The molecule has 1 saturated carbocycles. The molecule has 4 amide bonds. The predicted molar refractivity (Wildman–Crippen MR) is 150 cm³/mol. The Labute approximate surface area is 247 Å². The van der Waals surface area contributed by atoms with E-state index in [9.17, 15) is 28.3 Å². The van der Waals surface area contributed by atoms with Crippen molar-refractivity contribution in [3.05, 3.63) is 65.5 Å². The number of methoxy groups -OCH3 is 2. The molecular weight excluding hydrogens is 564 g/mol. The minimum atomic E-state index is -1.35. The van der Waals surface area contributed by atoms with E-state index in [1.165, 1.54) is 13.2 Å². The molecule has 1 unspecified atom stereocenters. The highest BCUT2D eigenvalue weighted by atomic mass is 19.2. The molecule has 11 nitrogen and oxygen atoms in total. The topological polar surface area (TPSA) is 134 Å². The van der Waals surface area contributed by atoms with Crippen LogP contribution in [-0.2, 0) is 19.9 Å². The summed E-state index contributed by atoms with van der Waals surface area (Å²) in [6.07, 6.45) is 4.94. The largest absolute Gasteiger partial charge is 0.468 e. The molecule has 2 aromatic rings. The Hall–Kier alpha value is -3.81. The Kier molecular flexibility index (Phi) is 9.13. The van der Waals surface area contributed by atoms with Crippen LogP contribution in [0.4, 0.5) is 18.4 Å². The molecule has 13 heteroatoms. The van der Waals surface area contributed by atoms with Gasteiger partial charge in [-0.25, -0.2) is 23.3 Å². The zero-order valence-electron chi connectivity index (χ0n) is 24.0. The fourth-order valence-corrected chi connectivity index (χ4v) is 6.43. The number of hydrogen-bond acceptors (Lipinski definition) is 8. The number of esters is 1. The number of nitrogens with one attached hydrogen (secondary N) is 1. The van der Waals surface area contributed by atoms with Gasteiger partial charge in [0.15, 0.2) is 11.6 Å². The van der Waals surface area contributed by atoms with Crippen LogP contribution in [0.1, 0.15) is 49.4 Å². The van der Waals surface area contributed by atoms with Crippen LogP contribution in [0.3, 0.4) is 0 Å². The van der Waals surface area contributed by atoms with Gasteiger partial charge in [0, 0.05) is 38.5 Å². The zero-order valence-corrected chi connectivity index (χ0v) is 24.0. The molecule has 43 heavy (non-hydrogen) atoms. The summed E-state index contributed by atoms with van der Waals surface area (Å²) >= 11 is 0. The number of imide groups is 1. The summed E-state index contributed by atoms with van der Waals surface area (Å²) in [4.78, 5) is 51.2. The minimum Gasteiger partial charge on any atom is -0.468 e. The summed E-state index contributed by atoms with van der Waals surface area (Å²) in [7, 11) is 2.50. The number of aliphatic hydroxyl groups is 1. The number of likely N-dealkylation sites (tertiary alicyclic amines) is 1. The normalized spacial score (nSPS) is 28.0. The van der Waals surface area contributed by atoms with Gasteiger partial charge in [0.1, 0.15) is 11.5 Å². The minimum absolute atomic E-state index is 0.00753. The van der Waals surface area contributed by atoms with Crippen LogP contribution in [0.25, 0.3) is 0 Å². The van der Waals surface area contributed by atoms with E-state index in [1.807, 2.05) is 18.2 Å². The van der Waals surface area contributed by atoms with Gasteiger partial charge in [-0.2, -0.15) is 4.99 Å². The third kappa shape index (κ3) is 6.29. The van der Waals surface area contributed by atoms with Gasteiger partial charge in [-0.1, -0.05) is 12.1 Å². The molecule has 2 fully saturated rings. The molecule has 230 valence electrons. The maximum absolute atomic E-state index is 14.3. The lowest BCUT2D eigenvalue weighted by atomic mass is 9.79. The van der Waals surface area contributed by atoms with E-state index < -0.39 is 47.2 Å². The lowest BCUT2D eigenvalue weighted by Crippen LogP contribution is -2.55. The first kappa shape index (κ1) is 30.6. The number of pyridine rings is 1. The van der Waals surface area contributed by atoms with Crippen molar-refractivity contribution in [3.8, 4) is 0 Å². The number of nitrogens with zero attached hydrogens (tertiary/aromatic N) is 4. The molecule has 0 radical (unpaired) electrons. The highest BCUT2D eigenvalue weighted by Crippen LogP contribution is 2.39. The number of ether oxygens (including phenoxy) is 2. The number of benzene rings is 1. The van der Waals surface area contributed by atoms with Crippen LogP contribution in [0.2, 0.25) is 0 Å². The van der Waals surface area contributed by atoms with Crippen molar-refractivity contribution in [1.82, 2.24) is 20.1 Å². The van der Waals surface area contributed by atoms with Crippen LogP contribution in [-0.4, -0.2) is 89.6 Å². The molecule has 1 aliphatic carbocycles. The molecule has 3 heterocycles. The molecule has 1 aromatic heterocycles. The molecule has 0 bridgehead atoms. The predicted octanol–water partition coefficient (Wildman–Crippen LogP) is 3.33. The Bertz CT molecular complexity index is 1380. The van der Waals surface area contributed by atoms with E-state index in [0.717, 1.165) is 37.0 Å². The molecule has 1 saturated heterocycles. The van der Waals surface area contributed by atoms with Gasteiger partial charge in [-0.3, -0.25) is 14.7 Å². The van der Waals surface area contributed by atoms with Crippen molar-refractivity contribution in [3.63, 3.8) is 0 Å². The molecular formula is C30H35F2N5O6. The zero-order chi connectivity index (χ0) is 30.7. The third-order valence-corrected chi connectivity index (χ3v) is 8.64. The monoisotopic (exact) mass is 599 g/mol. The Morgan fingerprint density at radius 1 is 1.12 bits per heavy atom. The van der Waals surface area contributed by atoms with Gasteiger partial charge in [0.05, 0.1) is 31.2 Å². The average Bonchev–Trinajstić information content (AvgIpc) is 3.47. The van der Waals surface area contributed by atoms with E-state index in [4.69, 9.17) is 9.47 Å². The smallest absolute Gasteiger partial charge is 0.352 e. The summed E-state index contributed by atoms with van der Waals surface area (Å²) < 4.78 is 38.2. The first-order valence-corrected chi connectivity index (χ1v) is 14.3. The van der Waals surface area contributed by atoms with E-state index in [1.54, 1.807) is 6.20 Å². The van der Waals surface area contributed by atoms with Gasteiger partial charge >= 0.3 is 18.0 Å². The summed E-state index contributed by atoms with van der Waals surface area (Å²) in [5.74, 6) is -4.42. The van der Waals surface area contributed by atoms with E-state index in [0.29, 0.717) is 38.0 Å². The number of carbonyl (C=O) groups excluding carboxylic acids is 3. The highest BCUT2D eigenvalue weighted by molar-refractivity contribution is 6.12. The number of hydrogen-bond donors (Lipinski definition) is 2. The second kappa shape index (κ2) is 12.8. The molecule has 2 N–H and O–H groups in total. The van der Waals surface area contributed by atoms with Gasteiger partial charge < -0.3 is 19.9 Å². The fraction of sp³-hybridized carbons (Fsp3) is 0.500. The van der Waals surface area contributed by atoms with E-state index in [-0.39, 0.29) is 30.0 Å². The van der Waals surface area contributed by atoms with Gasteiger partial charge in [-0.05, 0) is 61.9 Å². The highest BCUT2D eigenvalue weighted by Gasteiger charge is 2.48.